The molecule has 1 aliphatic rings. The third kappa shape index (κ3) is 2.48. The van der Waals surface area contributed by atoms with E-state index in [1.807, 2.05) is 48.5 Å². The zero-order valence-electron chi connectivity index (χ0n) is 12.4. The van der Waals surface area contributed by atoms with E-state index in [2.05, 4.69) is 4.98 Å². The number of para-hydroxylation sites is 1. The van der Waals surface area contributed by atoms with Gasteiger partial charge in [0.1, 0.15) is 0 Å². The summed E-state index contributed by atoms with van der Waals surface area (Å²) in [6, 6.07) is 15.1. The third-order valence-corrected chi connectivity index (χ3v) is 6.14. The van der Waals surface area contributed by atoms with Crippen molar-refractivity contribution in [2.45, 2.75) is 6.61 Å². The molecule has 0 atom stereocenters. The molecule has 0 saturated carbocycles. The van der Waals surface area contributed by atoms with Gasteiger partial charge >= 0.3 is 139 Å². The van der Waals surface area contributed by atoms with Crippen molar-refractivity contribution in [3.05, 3.63) is 64.2 Å². The van der Waals surface area contributed by atoms with Crippen molar-refractivity contribution in [3.63, 3.8) is 0 Å². The number of aromatic nitrogens is 1. The average Bonchev–Trinajstić information content (AvgIpc) is 2.99. The van der Waals surface area contributed by atoms with Crippen molar-refractivity contribution < 1.29 is 14.3 Å². The Hall–Kier alpha value is -2.36. The van der Waals surface area contributed by atoms with Crippen LogP contribution in [0.5, 0.6) is 11.5 Å². The number of carbonyl (C=O) groups is 1. The van der Waals surface area contributed by atoms with E-state index in [-0.39, 0.29) is 20.3 Å². The molecular weight excluding hydrogens is 357 g/mol. The summed E-state index contributed by atoms with van der Waals surface area (Å²) in [5.74, 6) is 1.49. The van der Waals surface area contributed by atoms with E-state index < -0.39 is 0 Å². The average molecular weight is 370 g/mol. The van der Waals surface area contributed by atoms with Crippen LogP contribution < -0.4 is 9.47 Å². The predicted molar refractivity (Wildman–Crippen MR) is 87.4 cm³/mol. The van der Waals surface area contributed by atoms with E-state index in [9.17, 15) is 4.79 Å². The first-order valence-electron chi connectivity index (χ1n) is 7.17. The quantitative estimate of drug-likeness (QED) is 0.651. The molecule has 0 fully saturated rings. The maximum absolute atomic E-state index is 12.8. The van der Waals surface area contributed by atoms with Gasteiger partial charge in [0.25, 0.3) is 0 Å². The molecule has 0 N–H and O–H groups in total. The Balaban J connectivity index is 1.76. The molecular formula is C18H13NO3Se. The summed E-state index contributed by atoms with van der Waals surface area (Å²) in [7, 11) is 1.64. The van der Waals surface area contributed by atoms with Crippen LogP contribution in [0, 0.1) is 0 Å². The summed E-state index contributed by atoms with van der Waals surface area (Å²) < 4.78 is 12.7. The van der Waals surface area contributed by atoms with Crippen LogP contribution in [0.1, 0.15) is 20.5 Å². The van der Waals surface area contributed by atoms with Crippen LogP contribution in [0.25, 0.3) is 10.1 Å². The van der Waals surface area contributed by atoms with Gasteiger partial charge in [-0.3, -0.25) is 0 Å². The number of ketones is 1. The number of methoxy groups -OCH3 is 1. The maximum atomic E-state index is 12.8. The molecule has 0 bridgehead atoms. The van der Waals surface area contributed by atoms with E-state index in [0.29, 0.717) is 17.9 Å². The van der Waals surface area contributed by atoms with E-state index in [1.54, 1.807) is 7.11 Å². The molecule has 2 aromatic carbocycles. The van der Waals surface area contributed by atoms with Gasteiger partial charge < -0.3 is 0 Å². The minimum absolute atomic E-state index is 0.0420. The molecule has 1 aromatic heterocycles. The predicted octanol–water partition coefficient (Wildman–Crippen LogP) is 2.94. The van der Waals surface area contributed by atoms with Crippen LogP contribution in [-0.4, -0.2) is 32.4 Å². The fraction of sp³-hybridized carbons (Fsp3) is 0.111. The van der Waals surface area contributed by atoms with Crippen LogP contribution in [0.4, 0.5) is 0 Å². The Morgan fingerprint density at radius 3 is 2.70 bits per heavy atom. The molecule has 0 aliphatic carbocycles. The normalized spacial score (nSPS) is 12.8. The molecule has 2 heterocycles. The van der Waals surface area contributed by atoms with Crippen molar-refractivity contribution in [3.8, 4) is 21.6 Å². The zero-order chi connectivity index (χ0) is 15.8. The van der Waals surface area contributed by atoms with Crippen LogP contribution in [0.15, 0.2) is 48.5 Å². The molecule has 5 heteroatoms. The second kappa shape index (κ2) is 5.69. The summed E-state index contributed by atoms with van der Waals surface area (Å²) in [4.78, 5) is 17.4. The molecule has 1 aliphatic heterocycles. The van der Waals surface area contributed by atoms with Crippen LogP contribution in [0.3, 0.4) is 0 Å². The fourth-order valence-electron chi connectivity index (χ4n) is 2.53. The van der Waals surface area contributed by atoms with Gasteiger partial charge in [-0.05, 0) is 0 Å². The number of hydrogen-bond donors (Lipinski definition) is 0. The second-order valence-electron chi connectivity index (χ2n) is 5.14. The Bertz CT molecular complexity index is 884. The van der Waals surface area contributed by atoms with Gasteiger partial charge in [-0.1, -0.05) is 0 Å². The van der Waals surface area contributed by atoms with Gasteiger partial charge in [-0.2, -0.15) is 0 Å². The molecule has 4 nitrogen and oxygen atoms in total. The Kier molecular flexibility index (Phi) is 3.52. The Labute approximate surface area is 139 Å². The summed E-state index contributed by atoms with van der Waals surface area (Å²) in [6.45, 7) is 0.347. The summed E-state index contributed by atoms with van der Waals surface area (Å²) >= 11 is -0.109. The number of rotatable bonds is 2. The number of hydrogen-bond acceptors (Lipinski definition) is 4. The van der Waals surface area contributed by atoms with E-state index in [0.717, 1.165) is 26.0 Å². The molecule has 0 spiro atoms. The van der Waals surface area contributed by atoms with Crippen LogP contribution in [0.2, 0.25) is 0 Å². The summed E-state index contributed by atoms with van der Waals surface area (Å²) in [5.41, 5.74) is 2.42. The molecule has 23 heavy (non-hydrogen) atoms. The van der Waals surface area contributed by atoms with Crippen molar-refractivity contribution in [2.24, 2.45) is 0 Å². The van der Waals surface area contributed by atoms with Gasteiger partial charge in [0.2, 0.25) is 0 Å². The zero-order valence-corrected chi connectivity index (χ0v) is 14.1. The van der Waals surface area contributed by atoms with Gasteiger partial charge in [0, 0.05) is 0 Å². The number of fused-ring (bicyclic) bond motifs is 2. The Morgan fingerprint density at radius 2 is 1.91 bits per heavy atom. The minimum atomic E-state index is -0.109. The molecule has 0 saturated heterocycles. The molecule has 0 unspecified atom stereocenters. The first-order valence-corrected chi connectivity index (χ1v) is 8.88. The SMILES string of the molecule is COc1ccc(-c2nc3c([se]2)C(=O)c2ccccc2OC3)cc1. The second-order valence-corrected chi connectivity index (χ2v) is 7.23. The molecule has 3 aromatic rings. The first-order chi connectivity index (χ1) is 11.3. The first kappa shape index (κ1) is 14.2. The Morgan fingerprint density at radius 1 is 1.13 bits per heavy atom. The summed E-state index contributed by atoms with van der Waals surface area (Å²) in [5, 5.41) is 0. The van der Waals surface area contributed by atoms with E-state index in [4.69, 9.17) is 9.47 Å². The molecule has 0 amide bonds. The third-order valence-electron chi connectivity index (χ3n) is 3.74. The molecule has 0 radical (unpaired) electrons. The standard InChI is InChI=1S/C18H13NO3Se/c1-21-12-8-6-11(7-9-12)18-19-14-10-22-15-5-3-2-4-13(15)16(20)17(14)23-18/h2-9H,10H2,1H3. The fourth-order valence-corrected chi connectivity index (χ4v) is 4.69. The number of nitrogens with zero attached hydrogens (tertiary/aromatic N) is 1. The van der Waals surface area contributed by atoms with Gasteiger partial charge in [-0.15, -0.1) is 0 Å². The van der Waals surface area contributed by atoms with Gasteiger partial charge in [0.05, 0.1) is 0 Å². The topological polar surface area (TPSA) is 48.4 Å². The number of carbonyl (C=O) groups excluding carboxylic acids is 1. The number of benzene rings is 2. The van der Waals surface area contributed by atoms with Crippen LogP contribution >= 0.6 is 0 Å². The monoisotopic (exact) mass is 371 g/mol. The van der Waals surface area contributed by atoms with Crippen LogP contribution in [-0.2, 0) is 6.61 Å². The molecule has 4 rings (SSSR count). The van der Waals surface area contributed by atoms with Crippen molar-refractivity contribution >= 4 is 20.3 Å². The van der Waals surface area contributed by atoms with Gasteiger partial charge in [-0.25, -0.2) is 0 Å². The number of ether oxygens (including phenoxy) is 2. The van der Waals surface area contributed by atoms with Crippen molar-refractivity contribution in [1.29, 1.82) is 0 Å². The van der Waals surface area contributed by atoms with E-state index in [1.165, 1.54) is 0 Å². The summed E-state index contributed by atoms with van der Waals surface area (Å²) in [6.07, 6.45) is 0. The van der Waals surface area contributed by atoms with E-state index >= 15 is 0 Å². The van der Waals surface area contributed by atoms with Crippen molar-refractivity contribution in [2.75, 3.05) is 7.11 Å². The van der Waals surface area contributed by atoms with Crippen molar-refractivity contribution in [1.82, 2.24) is 4.98 Å². The van der Waals surface area contributed by atoms with Gasteiger partial charge in [0.15, 0.2) is 0 Å². The molecule has 114 valence electrons.